The first-order valence-corrected chi connectivity index (χ1v) is 6.11. The molecule has 0 heterocycles. The van der Waals surface area contributed by atoms with Crippen molar-refractivity contribution in [1.29, 1.82) is 0 Å². The minimum absolute atomic E-state index is 0. The molecule has 1 radical (unpaired) electrons. The zero-order chi connectivity index (χ0) is 8.20. The molecule has 0 rings (SSSR count). The fourth-order valence-electron chi connectivity index (χ4n) is 1.12. The van der Waals surface area contributed by atoms with Crippen LogP contribution in [0.3, 0.4) is 0 Å². The molecule has 0 aromatic rings. The van der Waals surface area contributed by atoms with Crippen LogP contribution < -0.4 is 0 Å². The largest absolute Gasteiger partial charge is 0.107 e. The standard InChI is InChI=1S/C9H21P.Au/c1-6-10(7-2)8-9(3,4)5;/h6-8H2,1-5H3;. The van der Waals surface area contributed by atoms with Crippen molar-refractivity contribution in [3.05, 3.63) is 0 Å². The molecule has 11 heavy (non-hydrogen) atoms. The summed E-state index contributed by atoms with van der Waals surface area (Å²) in [7, 11) is 0.356. The first kappa shape index (κ1) is 14.7. The summed E-state index contributed by atoms with van der Waals surface area (Å²) in [5, 5.41) is 0. The summed E-state index contributed by atoms with van der Waals surface area (Å²) in [5.74, 6) is 0. The van der Waals surface area contributed by atoms with Crippen LogP contribution in [0.2, 0.25) is 0 Å². The molecule has 73 valence electrons. The van der Waals surface area contributed by atoms with Crippen LogP contribution in [0, 0.1) is 5.41 Å². The van der Waals surface area contributed by atoms with Gasteiger partial charge in [-0.2, -0.15) is 0 Å². The van der Waals surface area contributed by atoms with E-state index >= 15 is 0 Å². The van der Waals surface area contributed by atoms with E-state index in [4.69, 9.17) is 0 Å². The minimum atomic E-state index is 0. The van der Waals surface area contributed by atoms with Gasteiger partial charge in [-0.1, -0.05) is 34.6 Å². The smallest absolute Gasteiger partial charge is 0 e. The number of hydrogen-bond acceptors (Lipinski definition) is 0. The molecular formula is C9H21AuP. The summed E-state index contributed by atoms with van der Waals surface area (Å²) < 4.78 is 0. The van der Waals surface area contributed by atoms with E-state index in [0.29, 0.717) is 13.3 Å². The minimum Gasteiger partial charge on any atom is -0.107 e. The monoisotopic (exact) mass is 357 g/mol. The van der Waals surface area contributed by atoms with Gasteiger partial charge in [-0.25, -0.2) is 0 Å². The molecule has 0 N–H and O–H groups in total. The summed E-state index contributed by atoms with van der Waals surface area (Å²) >= 11 is 0. The molecule has 0 spiro atoms. The molecule has 0 aromatic heterocycles. The van der Waals surface area contributed by atoms with E-state index in [0.717, 1.165) is 0 Å². The summed E-state index contributed by atoms with van der Waals surface area (Å²) in [6, 6.07) is 0. The van der Waals surface area contributed by atoms with Crippen LogP contribution in [0.5, 0.6) is 0 Å². The Labute approximate surface area is 88.8 Å². The molecule has 0 amide bonds. The molecule has 0 bridgehead atoms. The van der Waals surface area contributed by atoms with Crippen LogP contribution in [0.1, 0.15) is 34.6 Å². The van der Waals surface area contributed by atoms with E-state index in [1.165, 1.54) is 18.5 Å². The van der Waals surface area contributed by atoms with Gasteiger partial charge in [-0.15, -0.1) is 7.92 Å². The molecule has 0 aromatic carbocycles. The summed E-state index contributed by atoms with van der Waals surface area (Å²) in [4.78, 5) is 0. The number of hydrogen-bond donors (Lipinski definition) is 0. The molecule has 0 saturated carbocycles. The fourth-order valence-corrected chi connectivity index (χ4v) is 3.35. The van der Waals surface area contributed by atoms with Crippen molar-refractivity contribution in [2.24, 2.45) is 5.41 Å². The van der Waals surface area contributed by atoms with Crippen molar-refractivity contribution in [2.75, 3.05) is 18.5 Å². The second-order valence-electron chi connectivity index (χ2n) is 4.02. The van der Waals surface area contributed by atoms with Crippen molar-refractivity contribution >= 4 is 7.92 Å². The van der Waals surface area contributed by atoms with Crippen LogP contribution in [-0.2, 0) is 22.4 Å². The summed E-state index contributed by atoms with van der Waals surface area (Å²) in [5.41, 5.74) is 0.553. The quantitative estimate of drug-likeness (QED) is 0.535. The maximum absolute atomic E-state index is 2.34. The van der Waals surface area contributed by atoms with E-state index < -0.39 is 0 Å². The van der Waals surface area contributed by atoms with Gasteiger partial charge in [0.15, 0.2) is 0 Å². The molecule has 0 saturated heterocycles. The van der Waals surface area contributed by atoms with E-state index in [-0.39, 0.29) is 22.4 Å². The Bertz CT molecular complexity index is 82.1. The van der Waals surface area contributed by atoms with Gasteiger partial charge in [0.1, 0.15) is 0 Å². The molecule has 0 nitrogen and oxygen atoms in total. The Kier molecular flexibility index (Phi) is 8.89. The summed E-state index contributed by atoms with van der Waals surface area (Å²) in [6.45, 7) is 11.7. The molecule has 0 aliphatic heterocycles. The Morgan fingerprint density at radius 3 is 1.45 bits per heavy atom. The average molecular weight is 357 g/mol. The van der Waals surface area contributed by atoms with Gasteiger partial charge in [-0.05, 0) is 23.9 Å². The summed E-state index contributed by atoms with van der Waals surface area (Å²) in [6.07, 6.45) is 4.25. The second-order valence-corrected chi connectivity index (χ2v) is 6.94. The second kappa shape index (κ2) is 6.66. The van der Waals surface area contributed by atoms with Gasteiger partial charge in [-0.3, -0.25) is 0 Å². The van der Waals surface area contributed by atoms with Gasteiger partial charge < -0.3 is 0 Å². The third kappa shape index (κ3) is 9.08. The van der Waals surface area contributed by atoms with Crippen molar-refractivity contribution in [1.82, 2.24) is 0 Å². The zero-order valence-corrected chi connectivity index (χ0v) is 11.4. The first-order valence-electron chi connectivity index (χ1n) is 4.22. The first-order chi connectivity index (χ1) is 4.49. The predicted molar refractivity (Wildman–Crippen MR) is 52.3 cm³/mol. The third-order valence-electron chi connectivity index (χ3n) is 1.59. The maximum atomic E-state index is 2.34. The van der Waals surface area contributed by atoms with Crippen LogP contribution >= 0.6 is 7.92 Å². The Morgan fingerprint density at radius 1 is 1.00 bits per heavy atom. The Morgan fingerprint density at radius 2 is 1.36 bits per heavy atom. The van der Waals surface area contributed by atoms with Gasteiger partial charge >= 0.3 is 0 Å². The molecule has 0 aliphatic carbocycles. The third-order valence-corrected chi connectivity index (χ3v) is 4.78. The Hall–Kier alpha value is 1.17. The molecule has 0 atom stereocenters. The average Bonchev–Trinajstić information content (AvgIpc) is 1.81. The van der Waals surface area contributed by atoms with Gasteiger partial charge in [0.2, 0.25) is 0 Å². The normalized spacial score (nSPS) is 11.5. The molecule has 0 unspecified atom stereocenters. The molecule has 2 heteroatoms. The molecular weight excluding hydrogens is 336 g/mol. The van der Waals surface area contributed by atoms with E-state index in [2.05, 4.69) is 34.6 Å². The van der Waals surface area contributed by atoms with Gasteiger partial charge in [0, 0.05) is 22.4 Å². The van der Waals surface area contributed by atoms with Crippen molar-refractivity contribution < 1.29 is 22.4 Å². The van der Waals surface area contributed by atoms with E-state index in [1.54, 1.807) is 0 Å². The van der Waals surface area contributed by atoms with Crippen LogP contribution in [0.15, 0.2) is 0 Å². The van der Waals surface area contributed by atoms with E-state index in [1.807, 2.05) is 0 Å². The van der Waals surface area contributed by atoms with Crippen LogP contribution in [-0.4, -0.2) is 18.5 Å². The van der Waals surface area contributed by atoms with Crippen molar-refractivity contribution in [2.45, 2.75) is 34.6 Å². The van der Waals surface area contributed by atoms with E-state index in [9.17, 15) is 0 Å². The van der Waals surface area contributed by atoms with Crippen molar-refractivity contribution in [3.8, 4) is 0 Å². The fraction of sp³-hybridized carbons (Fsp3) is 1.00. The van der Waals surface area contributed by atoms with Crippen molar-refractivity contribution in [3.63, 3.8) is 0 Å². The predicted octanol–water partition coefficient (Wildman–Crippen LogP) is 3.55. The Balaban J connectivity index is 0. The topological polar surface area (TPSA) is 0 Å². The zero-order valence-electron chi connectivity index (χ0n) is 8.37. The maximum Gasteiger partial charge on any atom is 0 e. The van der Waals surface area contributed by atoms with Gasteiger partial charge in [0.05, 0.1) is 0 Å². The molecule has 0 fully saturated rings. The number of rotatable bonds is 3. The SMILES string of the molecule is CCP(CC)CC(C)(C)C.[Au]. The molecule has 0 aliphatic rings. The van der Waals surface area contributed by atoms with Crippen LogP contribution in [0.4, 0.5) is 0 Å². The van der Waals surface area contributed by atoms with Crippen LogP contribution in [0.25, 0.3) is 0 Å². The van der Waals surface area contributed by atoms with Gasteiger partial charge in [0.25, 0.3) is 0 Å².